The lowest BCUT2D eigenvalue weighted by atomic mass is 10.2. The Morgan fingerprint density at radius 3 is 2.89 bits per heavy atom. The van der Waals surface area contributed by atoms with E-state index in [1.165, 1.54) is 6.26 Å². The van der Waals surface area contributed by atoms with E-state index in [2.05, 4.69) is 15.1 Å². The number of hydrogen-bond donors (Lipinski definition) is 1. The van der Waals surface area contributed by atoms with Gasteiger partial charge in [-0.3, -0.25) is 9.59 Å². The van der Waals surface area contributed by atoms with E-state index >= 15 is 0 Å². The number of aromatic amines is 1. The highest BCUT2D eigenvalue weighted by molar-refractivity contribution is 5.77. The lowest BCUT2D eigenvalue weighted by molar-refractivity contribution is -0.145. The highest BCUT2D eigenvalue weighted by atomic mass is 16.5. The van der Waals surface area contributed by atoms with E-state index in [1.54, 1.807) is 36.4 Å². The molecule has 0 saturated carbocycles. The Bertz CT molecular complexity index is 1130. The number of aryl methyl sites for hydroxylation is 1. The Hall–Kier alpha value is -3.68. The Labute approximate surface area is 152 Å². The van der Waals surface area contributed by atoms with Gasteiger partial charge in [-0.05, 0) is 24.3 Å². The topological polar surface area (TPSA) is 111 Å². The van der Waals surface area contributed by atoms with Crippen LogP contribution in [0.25, 0.3) is 22.4 Å². The number of aromatic nitrogens is 3. The molecule has 0 atom stereocenters. The normalized spacial score (nSPS) is 11.0. The molecule has 4 aromatic rings. The third kappa shape index (κ3) is 3.79. The minimum Gasteiger partial charge on any atom is -0.461 e. The molecule has 0 aliphatic carbocycles. The van der Waals surface area contributed by atoms with Gasteiger partial charge in [0.1, 0.15) is 18.1 Å². The second-order valence-electron chi connectivity index (χ2n) is 5.85. The number of carbonyl (C=O) groups is 1. The quantitative estimate of drug-likeness (QED) is 0.523. The summed E-state index contributed by atoms with van der Waals surface area (Å²) < 4.78 is 15.5. The van der Waals surface area contributed by atoms with Gasteiger partial charge in [0, 0.05) is 12.5 Å². The number of fused-ring (bicyclic) bond motifs is 1. The van der Waals surface area contributed by atoms with Crippen LogP contribution in [0.3, 0.4) is 0 Å². The Morgan fingerprint density at radius 1 is 1.15 bits per heavy atom. The summed E-state index contributed by atoms with van der Waals surface area (Å²) in [6.07, 6.45) is 1.89. The summed E-state index contributed by atoms with van der Waals surface area (Å²) in [6, 6.07) is 12.2. The summed E-state index contributed by atoms with van der Waals surface area (Å²) in [6.45, 7) is -0.00922. The fourth-order valence-corrected chi connectivity index (χ4v) is 2.62. The van der Waals surface area contributed by atoms with Crippen LogP contribution in [0.5, 0.6) is 0 Å². The van der Waals surface area contributed by atoms with Crippen molar-refractivity contribution < 1.29 is 18.5 Å². The van der Waals surface area contributed by atoms with Crippen LogP contribution in [0.2, 0.25) is 0 Å². The number of esters is 1. The highest BCUT2D eigenvalue weighted by Crippen LogP contribution is 2.20. The van der Waals surface area contributed by atoms with Crippen molar-refractivity contribution in [1.29, 1.82) is 0 Å². The molecule has 1 aromatic carbocycles. The van der Waals surface area contributed by atoms with E-state index in [0.29, 0.717) is 33.9 Å². The average molecular weight is 365 g/mol. The molecule has 8 nitrogen and oxygen atoms in total. The monoisotopic (exact) mass is 365 g/mol. The zero-order valence-electron chi connectivity index (χ0n) is 14.2. The molecule has 0 bridgehead atoms. The molecule has 0 radical (unpaired) electrons. The van der Waals surface area contributed by atoms with Crippen molar-refractivity contribution >= 4 is 16.9 Å². The molecule has 0 saturated heterocycles. The van der Waals surface area contributed by atoms with Gasteiger partial charge in [0.15, 0.2) is 5.76 Å². The summed E-state index contributed by atoms with van der Waals surface area (Å²) in [5.74, 6) is 1.03. The van der Waals surface area contributed by atoms with Crippen LogP contribution in [-0.2, 0) is 22.6 Å². The number of para-hydroxylation sites is 1. The second-order valence-corrected chi connectivity index (χ2v) is 5.85. The van der Waals surface area contributed by atoms with E-state index in [9.17, 15) is 9.59 Å². The number of rotatable bonds is 6. The Morgan fingerprint density at radius 2 is 2.04 bits per heavy atom. The van der Waals surface area contributed by atoms with Crippen LogP contribution in [0.15, 0.2) is 62.5 Å². The third-order valence-electron chi connectivity index (χ3n) is 3.93. The van der Waals surface area contributed by atoms with Crippen LogP contribution in [-0.4, -0.2) is 21.1 Å². The molecule has 136 valence electrons. The maximum atomic E-state index is 12.0. The van der Waals surface area contributed by atoms with E-state index in [1.807, 2.05) is 6.07 Å². The minimum atomic E-state index is -0.423. The predicted molar refractivity (Wildman–Crippen MR) is 94.7 cm³/mol. The first kappa shape index (κ1) is 16.8. The maximum absolute atomic E-state index is 12.0. The fourth-order valence-electron chi connectivity index (χ4n) is 2.62. The second kappa shape index (κ2) is 7.28. The first-order valence-electron chi connectivity index (χ1n) is 8.32. The summed E-state index contributed by atoms with van der Waals surface area (Å²) in [7, 11) is 0. The standard InChI is InChI=1S/C19H15N3O5/c23-18(26-11-12-10-16(27-22-12)15-6-3-9-25-15)8-7-17-20-14-5-2-1-4-13(14)19(24)21-17/h1-6,9-10H,7-8,11H2,(H,20,21,24). The molecule has 0 aliphatic heterocycles. The summed E-state index contributed by atoms with van der Waals surface area (Å²) in [5.41, 5.74) is 0.849. The zero-order chi connectivity index (χ0) is 18.6. The predicted octanol–water partition coefficient (Wildman–Crippen LogP) is 2.85. The van der Waals surface area contributed by atoms with Crippen molar-refractivity contribution in [2.75, 3.05) is 0 Å². The van der Waals surface area contributed by atoms with Gasteiger partial charge < -0.3 is 18.7 Å². The van der Waals surface area contributed by atoms with Crippen molar-refractivity contribution in [1.82, 2.24) is 15.1 Å². The van der Waals surface area contributed by atoms with Gasteiger partial charge in [-0.1, -0.05) is 17.3 Å². The molecule has 0 fully saturated rings. The molecule has 0 spiro atoms. The molecule has 1 N–H and O–H groups in total. The lowest BCUT2D eigenvalue weighted by Crippen LogP contribution is -2.14. The molecule has 8 heteroatoms. The molecule has 3 aromatic heterocycles. The SMILES string of the molecule is O=C(CCc1nc2ccccc2c(=O)[nH]1)OCc1cc(-c2ccco2)on1. The maximum Gasteiger partial charge on any atom is 0.306 e. The smallest absolute Gasteiger partial charge is 0.306 e. The fraction of sp³-hybridized carbons (Fsp3) is 0.158. The van der Waals surface area contributed by atoms with Crippen LogP contribution < -0.4 is 5.56 Å². The van der Waals surface area contributed by atoms with Crippen molar-refractivity contribution in [3.63, 3.8) is 0 Å². The summed E-state index contributed by atoms with van der Waals surface area (Å²) in [4.78, 5) is 31.0. The molecular weight excluding hydrogens is 350 g/mol. The number of nitrogens with zero attached hydrogens (tertiary/aromatic N) is 2. The van der Waals surface area contributed by atoms with Crippen molar-refractivity contribution in [3.8, 4) is 11.5 Å². The van der Waals surface area contributed by atoms with Crippen molar-refractivity contribution in [2.45, 2.75) is 19.4 Å². The molecule has 0 amide bonds. The van der Waals surface area contributed by atoms with Gasteiger partial charge in [-0.25, -0.2) is 4.98 Å². The summed E-state index contributed by atoms with van der Waals surface area (Å²) >= 11 is 0. The minimum absolute atomic E-state index is 0.00922. The van der Waals surface area contributed by atoms with E-state index in [4.69, 9.17) is 13.7 Å². The summed E-state index contributed by atoms with van der Waals surface area (Å²) in [5, 5.41) is 4.35. The van der Waals surface area contributed by atoms with Gasteiger partial charge in [0.2, 0.25) is 5.76 Å². The zero-order valence-corrected chi connectivity index (χ0v) is 14.2. The van der Waals surface area contributed by atoms with Crippen molar-refractivity contribution in [2.24, 2.45) is 0 Å². The first-order valence-corrected chi connectivity index (χ1v) is 8.32. The molecule has 0 aliphatic rings. The lowest BCUT2D eigenvalue weighted by Gasteiger charge is -2.04. The van der Waals surface area contributed by atoms with Gasteiger partial charge in [-0.2, -0.15) is 0 Å². The average Bonchev–Trinajstić information content (AvgIpc) is 3.36. The van der Waals surface area contributed by atoms with Crippen LogP contribution in [0.4, 0.5) is 0 Å². The molecule has 27 heavy (non-hydrogen) atoms. The van der Waals surface area contributed by atoms with Crippen LogP contribution in [0.1, 0.15) is 17.9 Å². The van der Waals surface area contributed by atoms with Crippen LogP contribution >= 0.6 is 0 Å². The Kier molecular flexibility index (Phi) is 4.52. The van der Waals surface area contributed by atoms with Gasteiger partial charge >= 0.3 is 5.97 Å². The van der Waals surface area contributed by atoms with Crippen LogP contribution in [0, 0.1) is 0 Å². The number of benzene rings is 1. The van der Waals surface area contributed by atoms with Gasteiger partial charge in [0.25, 0.3) is 5.56 Å². The molecule has 4 rings (SSSR count). The number of nitrogens with one attached hydrogen (secondary N) is 1. The van der Waals surface area contributed by atoms with E-state index in [-0.39, 0.29) is 25.0 Å². The molecule has 0 unspecified atom stereocenters. The third-order valence-corrected chi connectivity index (χ3v) is 3.93. The molecule has 3 heterocycles. The Balaban J connectivity index is 1.33. The largest absolute Gasteiger partial charge is 0.461 e. The van der Waals surface area contributed by atoms with E-state index in [0.717, 1.165) is 0 Å². The number of hydrogen-bond acceptors (Lipinski definition) is 7. The van der Waals surface area contributed by atoms with Gasteiger partial charge in [0.05, 0.1) is 23.6 Å². The molecular formula is C19H15N3O5. The van der Waals surface area contributed by atoms with E-state index < -0.39 is 5.97 Å². The number of H-pyrrole nitrogens is 1. The van der Waals surface area contributed by atoms with Crippen molar-refractivity contribution in [3.05, 3.63) is 70.6 Å². The number of ether oxygens (including phenoxy) is 1. The number of carbonyl (C=O) groups excluding carboxylic acids is 1. The highest BCUT2D eigenvalue weighted by Gasteiger charge is 2.12. The van der Waals surface area contributed by atoms with Gasteiger partial charge in [-0.15, -0.1) is 0 Å². The number of furan rings is 1. The first-order chi connectivity index (χ1) is 13.2.